The van der Waals surface area contributed by atoms with Crippen LogP contribution in [0.3, 0.4) is 0 Å². The van der Waals surface area contributed by atoms with Gasteiger partial charge in [0.1, 0.15) is 11.9 Å². The summed E-state index contributed by atoms with van der Waals surface area (Å²) in [5.41, 5.74) is 1.20. The van der Waals surface area contributed by atoms with E-state index in [1.165, 1.54) is 6.07 Å². The maximum Gasteiger partial charge on any atom is 0.238 e. The maximum atomic E-state index is 14.7. The lowest BCUT2D eigenvalue weighted by Gasteiger charge is -2.32. The minimum atomic E-state index is -0.762. The fourth-order valence-corrected chi connectivity index (χ4v) is 5.70. The van der Waals surface area contributed by atoms with Gasteiger partial charge in [-0.1, -0.05) is 32.9 Å². The van der Waals surface area contributed by atoms with E-state index < -0.39 is 6.04 Å². The van der Waals surface area contributed by atoms with Crippen LogP contribution in [-0.2, 0) is 17.6 Å². The van der Waals surface area contributed by atoms with Crippen molar-refractivity contribution in [1.29, 1.82) is 5.26 Å². The standard InChI is InChI=1S/C23H27FN4OS/c1-4-21-26-11-20(30-21)15-6-5-14(18(24)8-15)7-16(10-25)27-23(29)22-17-9-19(28-22)13(3)12(17)2/h5-6,8,11-13,16-17,19,22,28H,4,7,9H2,1-3H3,(H,27,29)/t12-,13+,16+,17-,19+,22+/m1/s1. The molecular weight excluding hydrogens is 399 g/mol. The Hall–Kier alpha value is -2.30. The van der Waals surface area contributed by atoms with E-state index in [1.807, 2.05) is 13.0 Å². The zero-order valence-electron chi connectivity index (χ0n) is 17.5. The molecule has 30 heavy (non-hydrogen) atoms. The molecule has 2 aliphatic rings. The number of carbonyl (C=O) groups excluding carboxylic acids is 1. The third kappa shape index (κ3) is 3.86. The number of fused-ring (bicyclic) bond motifs is 2. The van der Waals surface area contributed by atoms with Crippen LogP contribution in [-0.4, -0.2) is 29.0 Å². The Morgan fingerprint density at radius 3 is 2.83 bits per heavy atom. The SMILES string of the molecule is CCc1ncc(-c2ccc(C[C@@H](C#N)NC(=O)[C@H]3N[C@H]4C[C@@H]3[C@H](C)[C@@H]4C)c(F)c2)s1. The first-order valence-electron chi connectivity index (χ1n) is 10.6. The topological polar surface area (TPSA) is 77.8 Å². The summed E-state index contributed by atoms with van der Waals surface area (Å²) in [5, 5.41) is 16.8. The molecule has 2 N–H and O–H groups in total. The number of nitrogens with one attached hydrogen (secondary N) is 2. The van der Waals surface area contributed by atoms with E-state index >= 15 is 0 Å². The van der Waals surface area contributed by atoms with Crippen molar-refractivity contribution in [3.63, 3.8) is 0 Å². The summed E-state index contributed by atoms with van der Waals surface area (Å²) in [6.07, 6.45) is 3.76. The van der Waals surface area contributed by atoms with Gasteiger partial charge in [-0.15, -0.1) is 11.3 Å². The van der Waals surface area contributed by atoms with Crippen molar-refractivity contribution in [1.82, 2.24) is 15.6 Å². The number of thiazole rings is 1. The molecule has 1 aromatic carbocycles. The molecule has 2 heterocycles. The summed E-state index contributed by atoms with van der Waals surface area (Å²) in [7, 11) is 0. The van der Waals surface area contributed by atoms with E-state index in [0.29, 0.717) is 29.4 Å². The third-order valence-corrected chi connectivity index (χ3v) is 8.05. The molecule has 2 fully saturated rings. The van der Waals surface area contributed by atoms with Crippen LogP contribution in [0.5, 0.6) is 0 Å². The lowest BCUT2D eigenvalue weighted by molar-refractivity contribution is -0.125. The molecule has 6 atom stereocenters. The third-order valence-electron chi connectivity index (χ3n) is 6.86. The molecular formula is C23H27FN4OS. The number of benzene rings is 1. The number of nitrogens with zero attached hydrogens (tertiary/aromatic N) is 2. The number of rotatable bonds is 6. The Morgan fingerprint density at radius 2 is 2.23 bits per heavy atom. The molecule has 1 saturated carbocycles. The van der Waals surface area contributed by atoms with Crippen molar-refractivity contribution in [3.05, 3.63) is 40.8 Å². The van der Waals surface area contributed by atoms with E-state index in [4.69, 9.17) is 0 Å². The van der Waals surface area contributed by atoms with Gasteiger partial charge in [0.2, 0.25) is 5.91 Å². The molecule has 5 nitrogen and oxygen atoms in total. The van der Waals surface area contributed by atoms with Gasteiger partial charge in [-0.2, -0.15) is 5.26 Å². The van der Waals surface area contributed by atoms with Gasteiger partial charge in [0.15, 0.2) is 0 Å². The summed E-state index contributed by atoms with van der Waals surface area (Å²) >= 11 is 1.55. The molecule has 158 valence electrons. The molecule has 1 aliphatic heterocycles. The molecule has 0 radical (unpaired) electrons. The highest BCUT2D eigenvalue weighted by Crippen LogP contribution is 2.44. The molecule has 1 amide bonds. The van der Waals surface area contributed by atoms with Crippen LogP contribution in [0.25, 0.3) is 10.4 Å². The molecule has 2 bridgehead atoms. The lowest BCUT2D eigenvalue weighted by atomic mass is 9.84. The number of aryl methyl sites for hydroxylation is 1. The molecule has 0 unspecified atom stereocenters. The van der Waals surface area contributed by atoms with E-state index in [2.05, 4.69) is 35.5 Å². The smallest absolute Gasteiger partial charge is 0.238 e. The summed E-state index contributed by atoms with van der Waals surface area (Å²) in [6, 6.07) is 6.50. The first-order chi connectivity index (χ1) is 14.4. The number of hydrogen-bond donors (Lipinski definition) is 2. The van der Waals surface area contributed by atoms with Gasteiger partial charge in [0, 0.05) is 18.7 Å². The number of carbonyl (C=O) groups is 1. The molecule has 2 aromatic rings. The number of aromatic nitrogens is 1. The molecule has 4 rings (SSSR count). The van der Waals surface area contributed by atoms with Gasteiger partial charge in [0.05, 0.1) is 22.0 Å². The van der Waals surface area contributed by atoms with Crippen molar-refractivity contribution in [2.24, 2.45) is 17.8 Å². The second kappa shape index (κ2) is 8.44. The van der Waals surface area contributed by atoms with Gasteiger partial charge in [-0.25, -0.2) is 9.37 Å². The van der Waals surface area contributed by atoms with Crippen molar-refractivity contribution in [3.8, 4) is 16.5 Å². The van der Waals surface area contributed by atoms with E-state index in [0.717, 1.165) is 28.3 Å². The first kappa shape index (κ1) is 21.0. The van der Waals surface area contributed by atoms with Gasteiger partial charge in [0.25, 0.3) is 0 Å². The van der Waals surface area contributed by atoms with Gasteiger partial charge in [-0.05, 0) is 47.8 Å². The summed E-state index contributed by atoms with van der Waals surface area (Å²) in [4.78, 5) is 18.0. The number of halogens is 1. The first-order valence-corrected chi connectivity index (χ1v) is 11.4. The monoisotopic (exact) mass is 426 g/mol. The van der Waals surface area contributed by atoms with Crippen LogP contribution in [0.1, 0.15) is 37.8 Å². The average molecular weight is 427 g/mol. The Morgan fingerprint density at radius 1 is 1.43 bits per heavy atom. The maximum absolute atomic E-state index is 14.7. The van der Waals surface area contributed by atoms with Gasteiger partial charge < -0.3 is 10.6 Å². The minimum absolute atomic E-state index is 0.143. The Kier molecular flexibility index (Phi) is 5.90. The van der Waals surface area contributed by atoms with E-state index in [9.17, 15) is 14.4 Å². The second-order valence-electron chi connectivity index (χ2n) is 8.54. The van der Waals surface area contributed by atoms with Gasteiger partial charge >= 0.3 is 0 Å². The molecule has 1 aliphatic carbocycles. The summed E-state index contributed by atoms with van der Waals surface area (Å²) in [6.45, 7) is 6.45. The zero-order valence-corrected chi connectivity index (χ0v) is 18.3. The Labute approximate surface area is 180 Å². The fraction of sp³-hybridized carbons (Fsp3) is 0.522. The largest absolute Gasteiger partial charge is 0.339 e. The van der Waals surface area contributed by atoms with Crippen LogP contribution in [0.4, 0.5) is 4.39 Å². The predicted molar refractivity (Wildman–Crippen MR) is 115 cm³/mol. The zero-order chi connectivity index (χ0) is 21.4. The van der Waals surface area contributed by atoms with Crippen molar-refractivity contribution in [2.45, 2.75) is 58.2 Å². The molecule has 7 heteroatoms. The van der Waals surface area contributed by atoms with Crippen LogP contribution in [0, 0.1) is 34.9 Å². The van der Waals surface area contributed by atoms with Crippen molar-refractivity contribution < 1.29 is 9.18 Å². The highest BCUT2D eigenvalue weighted by molar-refractivity contribution is 7.15. The fourth-order valence-electron chi connectivity index (χ4n) is 4.85. The number of nitriles is 1. The lowest BCUT2D eigenvalue weighted by Crippen LogP contribution is -2.54. The van der Waals surface area contributed by atoms with E-state index in [-0.39, 0.29) is 24.2 Å². The number of piperidine rings is 1. The molecule has 0 spiro atoms. The Bertz CT molecular complexity index is 982. The minimum Gasteiger partial charge on any atom is -0.339 e. The predicted octanol–water partition coefficient (Wildman–Crippen LogP) is 3.69. The second-order valence-corrected chi connectivity index (χ2v) is 9.66. The van der Waals surface area contributed by atoms with Gasteiger partial charge in [-0.3, -0.25) is 4.79 Å². The highest BCUT2D eigenvalue weighted by Gasteiger charge is 2.51. The van der Waals surface area contributed by atoms with Crippen LogP contribution in [0.2, 0.25) is 0 Å². The highest BCUT2D eigenvalue weighted by atomic mass is 32.1. The van der Waals surface area contributed by atoms with E-state index in [1.54, 1.807) is 23.6 Å². The van der Waals surface area contributed by atoms with Crippen molar-refractivity contribution in [2.75, 3.05) is 0 Å². The molecule has 1 aromatic heterocycles. The Balaban J connectivity index is 1.41. The van der Waals surface area contributed by atoms with Crippen molar-refractivity contribution >= 4 is 17.2 Å². The normalized spacial score (nSPS) is 28.3. The average Bonchev–Trinajstić information content (AvgIpc) is 3.45. The quantitative estimate of drug-likeness (QED) is 0.738. The van der Waals surface area contributed by atoms with Crippen LogP contribution < -0.4 is 10.6 Å². The molecule has 1 saturated heterocycles. The summed E-state index contributed by atoms with van der Waals surface area (Å²) < 4.78 is 14.7. The van der Waals surface area contributed by atoms with Crippen LogP contribution in [0.15, 0.2) is 24.4 Å². The number of amides is 1. The van der Waals surface area contributed by atoms with Crippen LogP contribution >= 0.6 is 11.3 Å². The summed E-state index contributed by atoms with van der Waals surface area (Å²) in [5.74, 6) is 0.825. The number of hydrogen-bond acceptors (Lipinski definition) is 5.